The molecular formula is C14H20ClNO2. The van der Waals surface area contributed by atoms with Crippen LogP contribution in [0.1, 0.15) is 31.7 Å². The minimum absolute atomic E-state index is 0.174. The molecule has 1 saturated carbocycles. The lowest BCUT2D eigenvalue weighted by Crippen LogP contribution is -2.25. The maximum absolute atomic E-state index is 10.00. The van der Waals surface area contributed by atoms with Gasteiger partial charge >= 0.3 is 0 Å². The summed E-state index contributed by atoms with van der Waals surface area (Å²) in [6.45, 7) is 2.79. The van der Waals surface area contributed by atoms with Crippen LogP contribution in [0, 0.1) is 5.92 Å². The fourth-order valence-corrected chi connectivity index (χ4v) is 2.37. The number of phenols is 1. The number of nitrogens with one attached hydrogen (secondary N) is 1. The molecule has 2 rings (SSSR count). The van der Waals surface area contributed by atoms with Gasteiger partial charge < -0.3 is 15.2 Å². The summed E-state index contributed by atoms with van der Waals surface area (Å²) in [6, 6.07) is 3.85. The van der Waals surface area contributed by atoms with E-state index in [-0.39, 0.29) is 5.75 Å². The van der Waals surface area contributed by atoms with Gasteiger partial charge in [-0.3, -0.25) is 0 Å². The van der Waals surface area contributed by atoms with Crippen LogP contribution in [0.4, 0.5) is 0 Å². The molecule has 1 fully saturated rings. The Morgan fingerprint density at radius 1 is 1.50 bits per heavy atom. The van der Waals surface area contributed by atoms with E-state index in [1.807, 2.05) is 0 Å². The zero-order valence-electron chi connectivity index (χ0n) is 10.9. The number of methoxy groups -OCH3 is 1. The Labute approximate surface area is 113 Å². The maximum Gasteiger partial charge on any atom is 0.162 e. The van der Waals surface area contributed by atoms with Crippen LogP contribution in [0.25, 0.3) is 0 Å². The van der Waals surface area contributed by atoms with Crippen molar-refractivity contribution in [3.8, 4) is 11.5 Å². The van der Waals surface area contributed by atoms with Gasteiger partial charge in [0.25, 0.3) is 0 Å². The van der Waals surface area contributed by atoms with Crippen molar-refractivity contribution in [1.29, 1.82) is 0 Å². The van der Waals surface area contributed by atoms with Gasteiger partial charge in [-0.1, -0.05) is 24.4 Å². The molecule has 0 bridgehead atoms. The standard InChI is InChI=1S/C14H20ClNO2/c1-9(5-10-3-4-10)16-8-11-6-12(15)7-13(18-2)14(11)17/h6-7,9-10,16-17H,3-5,8H2,1-2H3. The number of halogens is 1. The normalized spacial score (nSPS) is 16.6. The van der Waals surface area contributed by atoms with Gasteiger partial charge in [-0.2, -0.15) is 0 Å². The van der Waals surface area contributed by atoms with Crippen molar-refractivity contribution in [1.82, 2.24) is 5.32 Å². The second-order valence-electron chi connectivity index (χ2n) is 5.08. The molecule has 1 aromatic carbocycles. The average molecular weight is 270 g/mol. The summed E-state index contributed by atoms with van der Waals surface area (Å²) in [7, 11) is 1.53. The minimum atomic E-state index is 0.174. The first kappa shape index (κ1) is 13.5. The molecule has 1 unspecified atom stereocenters. The number of aromatic hydroxyl groups is 1. The predicted octanol–water partition coefficient (Wildman–Crippen LogP) is 3.33. The third kappa shape index (κ3) is 3.53. The summed E-state index contributed by atoms with van der Waals surface area (Å²) >= 11 is 5.99. The quantitative estimate of drug-likeness (QED) is 0.832. The molecule has 0 heterocycles. The summed E-state index contributed by atoms with van der Waals surface area (Å²) in [5.41, 5.74) is 0.780. The molecule has 0 aromatic heterocycles. The Kier molecular flexibility index (Phi) is 4.36. The SMILES string of the molecule is COc1cc(Cl)cc(CNC(C)CC2CC2)c1O. The van der Waals surface area contributed by atoms with Gasteiger partial charge in [-0.15, -0.1) is 0 Å². The van der Waals surface area contributed by atoms with Gasteiger partial charge in [0.15, 0.2) is 11.5 Å². The van der Waals surface area contributed by atoms with E-state index in [4.69, 9.17) is 16.3 Å². The van der Waals surface area contributed by atoms with Crippen LogP contribution in [0.3, 0.4) is 0 Å². The van der Waals surface area contributed by atoms with Gasteiger partial charge in [0.05, 0.1) is 7.11 Å². The van der Waals surface area contributed by atoms with E-state index in [1.165, 1.54) is 26.4 Å². The predicted molar refractivity (Wildman–Crippen MR) is 73.3 cm³/mol. The second kappa shape index (κ2) is 5.81. The number of phenolic OH excluding ortho intramolecular Hbond substituents is 1. The van der Waals surface area contributed by atoms with E-state index in [0.29, 0.717) is 23.4 Å². The lowest BCUT2D eigenvalue weighted by Gasteiger charge is -2.15. The van der Waals surface area contributed by atoms with Gasteiger partial charge in [-0.05, 0) is 25.3 Å². The Morgan fingerprint density at radius 2 is 2.22 bits per heavy atom. The fourth-order valence-electron chi connectivity index (χ4n) is 2.14. The van der Waals surface area contributed by atoms with E-state index >= 15 is 0 Å². The highest BCUT2D eigenvalue weighted by atomic mass is 35.5. The molecule has 0 saturated heterocycles. The van der Waals surface area contributed by atoms with Crippen LogP contribution < -0.4 is 10.1 Å². The molecule has 0 spiro atoms. The number of hydrogen-bond donors (Lipinski definition) is 2. The molecule has 1 aliphatic rings. The molecule has 2 N–H and O–H groups in total. The molecule has 100 valence electrons. The van der Waals surface area contributed by atoms with Crippen molar-refractivity contribution in [2.24, 2.45) is 5.92 Å². The summed E-state index contributed by atoms with van der Waals surface area (Å²) in [5.74, 6) is 1.50. The minimum Gasteiger partial charge on any atom is -0.504 e. The first-order chi connectivity index (χ1) is 8.60. The van der Waals surface area contributed by atoms with Crippen LogP contribution in [-0.2, 0) is 6.54 Å². The molecule has 0 aliphatic heterocycles. The van der Waals surface area contributed by atoms with E-state index in [2.05, 4.69) is 12.2 Å². The number of benzene rings is 1. The molecular weight excluding hydrogens is 250 g/mol. The maximum atomic E-state index is 10.00. The Morgan fingerprint density at radius 3 is 2.83 bits per heavy atom. The molecule has 1 atom stereocenters. The average Bonchev–Trinajstić information content (AvgIpc) is 3.13. The highest BCUT2D eigenvalue weighted by molar-refractivity contribution is 6.30. The van der Waals surface area contributed by atoms with Gasteiger partial charge in [0.1, 0.15) is 0 Å². The fraction of sp³-hybridized carbons (Fsp3) is 0.571. The number of hydrogen-bond acceptors (Lipinski definition) is 3. The highest BCUT2D eigenvalue weighted by Crippen LogP contribution is 2.35. The van der Waals surface area contributed by atoms with Crippen LogP contribution >= 0.6 is 11.6 Å². The summed E-state index contributed by atoms with van der Waals surface area (Å²) in [6.07, 6.45) is 3.93. The zero-order valence-corrected chi connectivity index (χ0v) is 11.6. The van der Waals surface area contributed by atoms with Crippen molar-refractivity contribution < 1.29 is 9.84 Å². The highest BCUT2D eigenvalue weighted by Gasteiger charge is 2.23. The van der Waals surface area contributed by atoms with Crippen LogP contribution in [0.2, 0.25) is 5.02 Å². The van der Waals surface area contributed by atoms with Crippen molar-refractivity contribution >= 4 is 11.6 Å². The largest absolute Gasteiger partial charge is 0.504 e. The van der Waals surface area contributed by atoms with Crippen molar-refractivity contribution in [2.75, 3.05) is 7.11 Å². The Hall–Kier alpha value is -0.930. The van der Waals surface area contributed by atoms with Crippen molar-refractivity contribution in [3.63, 3.8) is 0 Å². The topological polar surface area (TPSA) is 41.5 Å². The summed E-state index contributed by atoms with van der Waals surface area (Å²) < 4.78 is 5.09. The van der Waals surface area contributed by atoms with Crippen LogP contribution in [-0.4, -0.2) is 18.3 Å². The van der Waals surface area contributed by atoms with Crippen molar-refractivity contribution in [3.05, 3.63) is 22.7 Å². The Balaban J connectivity index is 1.96. The van der Waals surface area contributed by atoms with Crippen LogP contribution in [0.15, 0.2) is 12.1 Å². The first-order valence-electron chi connectivity index (χ1n) is 6.39. The van der Waals surface area contributed by atoms with Gasteiger partial charge in [0.2, 0.25) is 0 Å². The molecule has 4 heteroatoms. The zero-order chi connectivity index (χ0) is 13.1. The molecule has 0 radical (unpaired) electrons. The van der Waals surface area contributed by atoms with Gasteiger partial charge in [-0.25, -0.2) is 0 Å². The monoisotopic (exact) mass is 269 g/mol. The summed E-state index contributed by atoms with van der Waals surface area (Å²) in [4.78, 5) is 0. The van der Waals surface area contributed by atoms with Crippen LogP contribution in [0.5, 0.6) is 11.5 Å². The summed E-state index contributed by atoms with van der Waals surface area (Å²) in [5, 5.41) is 14.0. The first-order valence-corrected chi connectivity index (χ1v) is 6.76. The lowest BCUT2D eigenvalue weighted by atomic mass is 10.1. The third-order valence-corrected chi connectivity index (χ3v) is 3.58. The van der Waals surface area contributed by atoms with E-state index in [9.17, 15) is 5.11 Å². The molecule has 3 nitrogen and oxygen atoms in total. The molecule has 0 amide bonds. The Bertz CT molecular complexity index is 419. The number of ether oxygens (including phenoxy) is 1. The smallest absolute Gasteiger partial charge is 0.162 e. The third-order valence-electron chi connectivity index (χ3n) is 3.36. The molecule has 18 heavy (non-hydrogen) atoms. The molecule has 1 aliphatic carbocycles. The van der Waals surface area contributed by atoms with E-state index < -0.39 is 0 Å². The van der Waals surface area contributed by atoms with Gasteiger partial charge in [0, 0.05) is 29.2 Å². The van der Waals surface area contributed by atoms with E-state index in [1.54, 1.807) is 12.1 Å². The van der Waals surface area contributed by atoms with Crippen molar-refractivity contribution in [2.45, 2.75) is 38.8 Å². The molecule has 1 aromatic rings. The second-order valence-corrected chi connectivity index (χ2v) is 5.51. The number of rotatable bonds is 6. The van der Waals surface area contributed by atoms with E-state index in [0.717, 1.165) is 11.5 Å². The lowest BCUT2D eigenvalue weighted by molar-refractivity contribution is 0.368.